The van der Waals surface area contributed by atoms with Gasteiger partial charge in [-0.1, -0.05) is 0 Å². The Morgan fingerprint density at radius 3 is 2.60 bits per heavy atom. The highest BCUT2D eigenvalue weighted by atomic mass is 32.2. The minimum absolute atomic E-state index is 0.473. The third kappa shape index (κ3) is 4.14. The van der Waals surface area contributed by atoms with Crippen molar-refractivity contribution < 1.29 is 13.2 Å². The van der Waals surface area contributed by atoms with Gasteiger partial charge in [-0.05, 0) is 30.7 Å². The molecule has 0 radical (unpaired) electrons. The highest BCUT2D eigenvalue weighted by molar-refractivity contribution is 7.92. The van der Waals surface area contributed by atoms with Gasteiger partial charge in [-0.25, -0.2) is 13.4 Å². The lowest BCUT2D eigenvalue weighted by molar-refractivity contribution is -0.107. The lowest BCUT2D eigenvalue weighted by Crippen LogP contribution is -2.09. The van der Waals surface area contributed by atoms with E-state index in [1.54, 1.807) is 12.1 Å². The van der Waals surface area contributed by atoms with Crippen molar-refractivity contribution in [3.8, 4) is 10.6 Å². The number of carbonyl (C=O) groups excluding carboxylic acids is 1. The van der Waals surface area contributed by atoms with E-state index in [1.807, 2.05) is 17.5 Å². The lowest BCUT2D eigenvalue weighted by atomic mass is 10.2. The second-order valence-electron chi connectivity index (χ2n) is 4.30. The minimum atomic E-state index is -3.26. The number of hydrogen-bond donors (Lipinski definition) is 1. The molecule has 0 atom stereocenters. The first-order chi connectivity index (χ1) is 9.48. The summed E-state index contributed by atoms with van der Waals surface area (Å²) in [5.41, 5.74) is 2.34. The number of rotatable bonds is 6. The number of anilines is 1. The number of thiazole rings is 1. The maximum Gasteiger partial charge on any atom is 0.229 e. The molecule has 0 aliphatic heterocycles. The van der Waals surface area contributed by atoms with Gasteiger partial charge in [0.2, 0.25) is 10.0 Å². The summed E-state index contributed by atoms with van der Waals surface area (Å²) in [6.45, 7) is 0. The van der Waals surface area contributed by atoms with Crippen molar-refractivity contribution in [2.75, 3.05) is 11.0 Å². The standard InChI is InChI=1S/C13H14N2O3S2/c1-20(17,18)15-11-6-4-10(5-7-11)13-14-12(9-19-13)3-2-8-16/h4-9,15H,2-3H2,1H3. The molecule has 0 unspecified atom stereocenters. The van der Waals surface area contributed by atoms with Gasteiger partial charge in [0.05, 0.1) is 11.9 Å². The van der Waals surface area contributed by atoms with Crippen LogP contribution in [0.5, 0.6) is 0 Å². The van der Waals surface area contributed by atoms with Gasteiger partial charge in [0, 0.05) is 23.1 Å². The third-order valence-electron chi connectivity index (χ3n) is 2.51. The van der Waals surface area contributed by atoms with Crippen LogP contribution in [0, 0.1) is 0 Å². The largest absolute Gasteiger partial charge is 0.303 e. The number of sulfonamides is 1. The van der Waals surface area contributed by atoms with Crippen molar-refractivity contribution >= 4 is 33.3 Å². The van der Waals surface area contributed by atoms with Crippen LogP contribution in [0.25, 0.3) is 10.6 Å². The molecule has 2 aromatic rings. The summed E-state index contributed by atoms with van der Waals surface area (Å²) in [6, 6.07) is 7.03. The number of aldehydes is 1. The predicted molar refractivity (Wildman–Crippen MR) is 80.4 cm³/mol. The number of hydrogen-bond acceptors (Lipinski definition) is 5. The average Bonchev–Trinajstić information content (AvgIpc) is 2.84. The minimum Gasteiger partial charge on any atom is -0.303 e. The molecule has 0 saturated heterocycles. The van der Waals surface area contributed by atoms with Crippen molar-refractivity contribution in [2.24, 2.45) is 0 Å². The molecule has 0 aliphatic rings. The van der Waals surface area contributed by atoms with Crippen LogP contribution < -0.4 is 4.72 Å². The van der Waals surface area contributed by atoms with Crippen LogP contribution in [0.3, 0.4) is 0 Å². The van der Waals surface area contributed by atoms with Gasteiger partial charge in [0.25, 0.3) is 0 Å². The van der Waals surface area contributed by atoms with Crippen LogP contribution >= 0.6 is 11.3 Å². The SMILES string of the molecule is CS(=O)(=O)Nc1ccc(-c2nc(CCC=O)cs2)cc1. The van der Waals surface area contributed by atoms with Gasteiger partial charge in [-0.2, -0.15) is 0 Å². The molecule has 2 rings (SSSR count). The number of aryl methyl sites for hydroxylation is 1. The van der Waals surface area contributed by atoms with Crippen LogP contribution in [-0.4, -0.2) is 25.9 Å². The Morgan fingerprint density at radius 1 is 1.30 bits per heavy atom. The molecule has 1 heterocycles. The van der Waals surface area contributed by atoms with Crippen molar-refractivity contribution in [3.05, 3.63) is 35.3 Å². The number of nitrogens with one attached hydrogen (secondary N) is 1. The number of benzene rings is 1. The average molecular weight is 310 g/mol. The summed E-state index contributed by atoms with van der Waals surface area (Å²) < 4.78 is 24.6. The van der Waals surface area contributed by atoms with Gasteiger partial charge in [-0.3, -0.25) is 4.72 Å². The molecule has 0 saturated carbocycles. The molecular formula is C13H14N2O3S2. The molecule has 0 aliphatic carbocycles. The van der Waals surface area contributed by atoms with Crippen molar-refractivity contribution in [3.63, 3.8) is 0 Å². The fourth-order valence-corrected chi connectivity index (χ4v) is 3.08. The normalized spacial score (nSPS) is 11.2. The maximum atomic E-state index is 11.1. The molecule has 1 aromatic carbocycles. The summed E-state index contributed by atoms with van der Waals surface area (Å²) in [6.07, 6.45) is 3.11. The quantitative estimate of drug-likeness (QED) is 0.831. The van der Waals surface area contributed by atoms with E-state index in [0.717, 1.165) is 28.8 Å². The van der Waals surface area contributed by atoms with Crippen LogP contribution in [-0.2, 0) is 21.2 Å². The highest BCUT2D eigenvalue weighted by Gasteiger charge is 2.06. The highest BCUT2D eigenvalue weighted by Crippen LogP contribution is 2.25. The zero-order valence-corrected chi connectivity index (χ0v) is 12.5. The van der Waals surface area contributed by atoms with E-state index in [1.165, 1.54) is 11.3 Å². The fourth-order valence-electron chi connectivity index (χ4n) is 1.66. The van der Waals surface area contributed by atoms with Gasteiger partial charge < -0.3 is 4.79 Å². The van der Waals surface area contributed by atoms with Gasteiger partial charge in [-0.15, -0.1) is 11.3 Å². The van der Waals surface area contributed by atoms with Crippen LogP contribution in [0.2, 0.25) is 0 Å². The predicted octanol–water partition coefficient (Wildman–Crippen LogP) is 2.31. The maximum absolute atomic E-state index is 11.1. The molecule has 1 N–H and O–H groups in total. The van der Waals surface area contributed by atoms with E-state index in [0.29, 0.717) is 18.5 Å². The monoisotopic (exact) mass is 310 g/mol. The summed E-state index contributed by atoms with van der Waals surface area (Å²) in [5, 5.41) is 2.79. The summed E-state index contributed by atoms with van der Waals surface area (Å²) in [5.74, 6) is 0. The Balaban J connectivity index is 2.13. The molecule has 20 heavy (non-hydrogen) atoms. The van der Waals surface area contributed by atoms with E-state index in [4.69, 9.17) is 0 Å². The smallest absolute Gasteiger partial charge is 0.229 e. The zero-order chi connectivity index (χ0) is 14.6. The van der Waals surface area contributed by atoms with Crippen LogP contribution in [0.4, 0.5) is 5.69 Å². The molecule has 0 spiro atoms. The van der Waals surface area contributed by atoms with E-state index >= 15 is 0 Å². The molecule has 0 amide bonds. The summed E-state index contributed by atoms with van der Waals surface area (Å²) in [7, 11) is -3.26. The number of aromatic nitrogens is 1. The van der Waals surface area contributed by atoms with Gasteiger partial charge in [0.15, 0.2) is 0 Å². The first-order valence-corrected chi connectivity index (χ1v) is 8.71. The van der Waals surface area contributed by atoms with Crippen LogP contribution in [0.1, 0.15) is 12.1 Å². The van der Waals surface area contributed by atoms with Gasteiger partial charge in [0.1, 0.15) is 11.3 Å². The Bertz CT molecular complexity index is 691. The molecule has 5 nitrogen and oxygen atoms in total. The Hall–Kier alpha value is -1.73. The molecule has 7 heteroatoms. The summed E-state index contributed by atoms with van der Waals surface area (Å²) >= 11 is 1.51. The zero-order valence-electron chi connectivity index (χ0n) is 10.9. The first kappa shape index (κ1) is 14.7. The Labute approximate surface area is 121 Å². The van der Waals surface area contributed by atoms with Gasteiger partial charge >= 0.3 is 0 Å². The lowest BCUT2D eigenvalue weighted by Gasteiger charge is -2.04. The van der Waals surface area contributed by atoms with Crippen molar-refractivity contribution in [2.45, 2.75) is 12.8 Å². The van der Waals surface area contributed by atoms with E-state index in [-0.39, 0.29) is 0 Å². The molecule has 106 valence electrons. The Morgan fingerprint density at radius 2 is 2.00 bits per heavy atom. The second kappa shape index (κ2) is 6.15. The summed E-state index contributed by atoms with van der Waals surface area (Å²) in [4.78, 5) is 14.8. The number of carbonyl (C=O) groups is 1. The number of nitrogens with zero attached hydrogens (tertiary/aromatic N) is 1. The molecular weight excluding hydrogens is 296 g/mol. The van der Waals surface area contributed by atoms with E-state index in [9.17, 15) is 13.2 Å². The first-order valence-electron chi connectivity index (χ1n) is 5.94. The van der Waals surface area contributed by atoms with Crippen molar-refractivity contribution in [1.29, 1.82) is 0 Å². The Kier molecular flexibility index (Phi) is 4.51. The second-order valence-corrected chi connectivity index (χ2v) is 6.91. The van der Waals surface area contributed by atoms with E-state index in [2.05, 4.69) is 9.71 Å². The third-order valence-corrected chi connectivity index (χ3v) is 4.05. The molecule has 1 aromatic heterocycles. The molecule has 0 bridgehead atoms. The van der Waals surface area contributed by atoms with Crippen molar-refractivity contribution in [1.82, 2.24) is 4.98 Å². The fraction of sp³-hybridized carbons (Fsp3) is 0.231. The molecule has 0 fully saturated rings. The van der Waals surface area contributed by atoms with E-state index < -0.39 is 10.0 Å². The van der Waals surface area contributed by atoms with Crippen LogP contribution in [0.15, 0.2) is 29.6 Å². The topological polar surface area (TPSA) is 76.1 Å².